The van der Waals surface area contributed by atoms with Crippen LogP contribution in [-0.2, 0) is 17.4 Å². The molecule has 0 saturated carbocycles. The summed E-state index contributed by atoms with van der Waals surface area (Å²) in [5, 5.41) is 7.90. The van der Waals surface area contributed by atoms with Gasteiger partial charge in [-0.15, -0.1) is 35.3 Å². The Labute approximate surface area is 184 Å². The van der Waals surface area contributed by atoms with Gasteiger partial charge in [0.15, 0.2) is 11.7 Å². The third-order valence-electron chi connectivity index (χ3n) is 4.34. The Morgan fingerprint density at radius 2 is 2.04 bits per heavy atom. The molecule has 0 radical (unpaired) electrons. The number of aliphatic imine (C=N–C) groups is 1. The maximum Gasteiger partial charge on any atom is 0.434 e. The highest BCUT2D eigenvalue weighted by Crippen LogP contribution is 2.30. The predicted molar refractivity (Wildman–Crippen MR) is 115 cm³/mol. The lowest BCUT2D eigenvalue weighted by Crippen LogP contribution is -2.50. The van der Waals surface area contributed by atoms with Gasteiger partial charge in [0.2, 0.25) is 5.91 Å². The van der Waals surface area contributed by atoms with Crippen molar-refractivity contribution in [2.45, 2.75) is 45.3 Å². The van der Waals surface area contributed by atoms with Crippen LogP contribution in [0.3, 0.4) is 0 Å². The van der Waals surface area contributed by atoms with Gasteiger partial charge < -0.3 is 15.5 Å². The van der Waals surface area contributed by atoms with Crippen LogP contribution in [0.2, 0.25) is 0 Å². The number of rotatable bonds is 5. The van der Waals surface area contributed by atoms with Crippen LogP contribution in [0.25, 0.3) is 0 Å². The summed E-state index contributed by atoms with van der Waals surface area (Å²) in [7, 11) is 1.65. The van der Waals surface area contributed by atoms with Crippen molar-refractivity contribution in [3.05, 3.63) is 16.1 Å². The van der Waals surface area contributed by atoms with Crippen LogP contribution in [-0.4, -0.2) is 54.5 Å². The molecule has 1 aliphatic heterocycles. The number of alkyl halides is 3. The summed E-state index contributed by atoms with van der Waals surface area (Å²) in [4.78, 5) is 21.7. The zero-order chi connectivity index (χ0) is 20.0. The van der Waals surface area contributed by atoms with Gasteiger partial charge >= 0.3 is 6.18 Å². The summed E-state index contributed by atoms with van der Waals surface area (Å²) in [6, 6.07) is 0.212. The Balaban J connectivity index is 0.00000392. The number of piperidine rings is 1. The van der Waals surface area contributed by atoms with E-state index in [1.54, 1.807) is 7.05 Å². The van der Waals surface area contributed by atoms with Gasteiger partial charge in [-0.25, -0.2) is 4.98 Å². The molecule has 11 heteroatoms. The van der Waals surface area contributed by atoms with Gasteiger partial charge in [0, 0.05) is 50.4 Å². The molecular formula is C17H27F3IN5OS. The van der Waals surface area contributed by atoms with Crippen molar-refractivity contribution >= 4 is 47.2 Å². The molecule has 2 rings (SSSR count). The minimum atomic E-state index is -4.40. The number of nitrogens with zero attached hydrogens (tertiary/aromatic N) is 3. The summed E-state index contributed by atoms with van der Waals surface area (Å²) in [5.41, 5.74) is -0.840. The molecular weight excluding hydrogens is 506 g/mol. The Kier molecular flexibility index (Phi) is 9.95. The third-order valence-corrected chi connectivity index (χ3v) is 5.25. The normalized spacial score (nSPS) is 16.1. The second-order valence-corrected chi connectivity index (χ2v) is 7.71. The molecule has 0 aromatic carbocycles. The summed E-state index contributed by atoms with van der Waals surface area (Å²) in [6.07, 6.45) is -2.34. The van der Waals surface area contributed by atoms with Crippen LogP contribution in [0.4, 0.5) is 13.2 Å². The Bertz CT molecular complexity index is 657. The number of amides is 1. The predicted octanol–water partition coefficient (Wildman–Crippen LogP) is 3.13. The molecule has 160 valence electrons. The molecule has 6 nitrogen and oxygen atoms in total. The smallest absolute Gasteiger partial charge is 0.356 e. The number of halogens is 4. The summed E-state index contributed by atoms with van der Waals surface area (Å²) >= 11 is 1.01. The molecule has 2 N–H and O–H groups in total. The summed E-state index contributed by atoms with van der Waals surface area (Å²) in [6.45, 7) is 5.67. The molecule has 28 heavy (non-hydrogen) atoms. The number of thiazole rings is 1. The molecule has 1 aromatic heterocycles. The van der Waals surface area contributed by atoms with Crippen LogP contribution in [0, 0.1) is 5.92 Å². The lowest BCUT2D eigenvalue weighted by atomic mass is 10.0. The molecule has 1 saturated heterocycles. The Morgan fingerprint density at radius 1 is 1.39 bits per heavy atom. The number of likely N-dealkylation sites (tertiary alicyclic amines) is 1. The molecule has 0 unspecified atom stereocenters. The first kappa shape index (κ1) is 24.9. The van der Waals surface area contributed by atoms with Crippen LogP contribution in [0.5, 0.6) is 0 Å². The van der Waals surface area contributed by atoms with E-state index in [1.165, 1.54) is 0 Å². The van der Waals surface area contributed by atoms with Crippen molar-refractivity contribution < 1.29 is 18.0 Å². The fraction of sp³-hybridized carbons (Fsp3) is 0.706. The summed E-state index contributed by atoms with van der Waals surface area (Å²) in [5.74, 6) is 0.793. The lowest BCUT2D eigenvalue weighted by molar-refractivity contribution is -0.140. The molecule has 0 atom stereocenters. The second-order valence-electron chi connectivity index (χ2n) is 6.77. The average Bonchev–Trinajstić information content (AvgIpc) is 3.10. The van der Waals surface area contributed by atoms with Crippen molar-refractivity contribution in [3.8, 4) is 0 Å². The maximum absolute atomic E-state index is 12.6. The van der Waals surface area contributed by atoms with Crippen molar-refractivity contribution in [2.75, 3.05) is 26.7 Å². The molecule has 2 heterocycles. The van der Waals surface area contributed by atoms with Gasteiger partial charge in [-0.1, -0.05) is 13.8 Å². The number of nitrogens with one attached hydrogen (secondary N) is 2. The van der Waals surface area contributed by atoms with Gasteiger partial charge in [-0.2, -0.15) is 13.2 Å². The molecule has 1 fully saturated rings. The molecule has 1 aromatic rings. The minimum Gasteiger partial charge on any atom is -0.356 e. The van der Waals surface area contributed by atoms with Crippen molar-refractivity contribution in [3.63, 3.8) is 0 Å². The van der Waals surface area contributed by atoms with Gasteiger partial charge in [-0.05, 0) is 12.8 Å². The Morgan fingerprint density at radius 3 is 2.54 bits per heavy atom. The van der Waals surface area contributed by atoms with E-state index in [1.807, 2.05) is 18.7 Å². The number of guanidine groups is 1. The van der Waals surface area contributed by atoms with Crippen molar-refractivity contribution in [2.24, 2.45) is 10.9 Å². The molecule has 0 spiro atoms. The van der Waals surface area contributed by atoms with Crippen LogP contribution >= 0.6 is 35.3 Å². The van der Waals surface area contributed by atoms with E-state index < -0.39 is 11.9 Å². The van der Waals surface area contributed by atoms with Gasteiger partial charge in [0.05, 0.1) is 5.01 Å². The van der Waals surface area contributed by atoms with Gasteiger partial charge in [-0.3, -0.25) is 9.79 Å². The van der Waals surface area contributed by atoms with Crippen LogP contribution < -0.4 is 10.6 Å². The number of hydrogen-bond donors (Lipinski definition) is 2. The van der Waals surface area contributed by atoms with Gasteiger partial charge in [0.25, 0.3) is 0 Å². The Hall–Kier alpha value is -1.11. The zero-order valence-electron chi connectivity index (χ0n) is 16.2. The fourth-order valence-corrected chi connectivity index (χ4v) is 3.65. The first-order chi connectivity index (χ1) is 12.7. The average molecular weight is 533 g/mol. The van der Waals surface area contributed by atoms with Crippen molar-refractivity contribution in [1.82, 2.24) is 20.5 Å². The zero-order valence-corrected chi connectivity index (χ0v) is 19.3. The van der Waals surface area contributed by atoms with E-state index in [9.17, 15) is 18.0 Å². The maximum atomic E-state index is 12.6. The number of carbonyl (C=O) groups is 1. The third kappa shape index (κ3) is 7.37. The minimum absolute atomic E-state index is 0. The molecule has 0 aliphatic carbocycles. The van der Waals surface area contributed by atoms with E-state index in [0.717, 1.165) is 29.6 Å². The standard InChI is InChI=1S/C17H26F3N5OS.HI/c1-11(2)15(26)25-8-5-12(6-9-25)23-16(21-3)22-7-4-14-24-13(10-27-14)17(18,19)20;/h10-12H,4-9H2,1-3H3,(H2,21,22,23);1H. The molecule has 1 aliphatic rings. The van der Waals surface area contributed by atoms with Crippen LogP contribution in [0.1, 0.15) is 37.4 Å². The van der Waals surface area contributed by atoms with E-state index >= 15 is 0 Å². The number of carbonyl (C=O) groups excluding carboxylic acids is 1. The first-order valence-electron chi connectivity index (χ1n) is 8.98. The number of aromatic nitrogens is 1. The quantitative estimate of drug-likeness (QED) is 0.347. The second kappa shape index (κ2) is 11.2. The highest BCUT2D eigenvalue weighted by molar-refractivity contribution is 14.0. The lowest BCUT2D eigenvalue weighted by Gasteiger charge is -2.34. The van der Waals surface area contributed by atoms with Gasteiger partial charge in [0.1, 0.15) is 0 Å². The van der Waals surface area contributed by atoms with E-state index in [0.29, 0.717) is 37.0 Å². The first-order valence-corrected chi connectivity index (χ1v) is 9.86. The van der Waals surface area contributed by atoms with Crippen LogP contribution in [0.15, 0.2) is 10.4 Å². The topological polar surface area (TPSA) is 69.6 Å². The largest absolute Gasteiger partial charge is 0.434 e. The van der Waals surface area contributed by atoms with Crippen molar-refractivity contribution in [1.29, 1.82) is 0 Å². The van der Waals surface area contributed by atoms with E-state index in [-0.39, 0.29) is 41.8 Å². The highest BCUT2D eigenvalue weighted by Gasteiger charge is 2.33. The molecule has 0 bridgehead atoms. The monoisotopic (exact) mass is 533 g/mol. The van der Waals surface area contributed by atoms with E-state index in [2.05, 4.69) is 20.6 Å². The van der Waals surface area contributed by atoms with E-state index in [4.69, 9.17) is 0 Å². The fourth-order valence-electron chi connectivity index (χ4n) is 2.84. The SMILES string of the molecule is CN=C(NCCc1nc(C(F)(F)F)cs1)NC1CCN(C(=O)C(C)C)CC1.I. The summed E-state index contributed by atoms with van der Waals surface area (Å²) < 4.78 is 37.7. The molecule has 1 amide bonds. The highest BCUT2D eigenvalue weighted by atomic mass is 127. The number of hydrogen-bond acceptors (Lipinski definition) is 4.